The molecule has 1 rings (SSSR count). The normalized spacial score (nSPS) is 11.9. The molecular weight excluding hydrogens is 130 g/mol. The molecule has 0 atom stereocenters. The lowest BCUT2D eigenvalue weighted by atomic mass is 10.7. The molecule has 0 unspecified atom stereocenters. The highest BCUT2D eigenvalue weighted by molar-refractivity contribution is 5.82. The Balaban J connectivity index is 3.05. The lowest BCUT2D eigenvalue weighted by Gasteiger charge is -1.99. The molecule has 0 spiro atoms. The van der Waals surface area contributed by atoms with Crippen LogP contribution in [0.4, 0.5) is 5.82 Å². The van der Waals surface area contributed by atoms with Gasteiger partial charge in [0.2, 0.25) is 5.96 Å². The molecule has 0 aromatic carbocycles. The van der Waals surface area contributed by atoms with Crippen LogP contribution in [-0.2, 0) is 0 Å². The van der Waals surface area contributed by atoms with Crippen molar-refractivity contribution in [1.82, 2.24) is 9.55 Å². The van der Waals surface area contributed by atoms with Crippen molar-refractivity contribution in [1.29, 1.82) is 0 Å². The number of nitrogens with two attached hydrogens (primary N) is 2. The van der Waals surface area contributed by atoms with Crippen molar-refractivity contribution < 1.29 is 0 Å². The monoisotopic (exact) mass is 139 g/mol. The van der Waals surface area contributed by atoms with E-state index in [2.05, 4.69) is 9.98 Å². The van der Waals surface area contributed by atoms with E-state index in [9.17, 15) is 0 Å². The minimum Gasteiger partial charge on any atom is -0.383 e. The first kappa shape index (κ1) is 6.60. The minimum absolute atomic E-state index is 0.343. The van der Waals surface area contributed by atoms with E-state index in [0.29, 0.717) is 11.8 Å². The third-order valence-electron chi connectivity index (χ3n) is 1.14. The predicted octanol–water partition coefficient (Wildman–Crippen LogP) is -0.742. The summed E-state index contributed by atoms with van der Waals surface area (Å²) >= 11 is 0. The van der Waals surface area contributed by atoms with Gasteiger partial charge >= 0.3 is 0 Å². The Bertz CT molecular complexity index is 248. The Morgan fingerprint density at radius 3 is 2.90 bits per heavy atom. The molecule has 54 valence electrons. The van der Waals surface area contributed by atoms with Crippen LogP contribution in [0.3, 0.4) is 0 Å². The lowest BCUT2D eigenvalue weighted by Crippen LogP contribution is -2.22. The fourth-order valence-corrected chi connectivity index (χ4v) is 0.604. The highest BCUT2D eigenvalue weighted by Gasteiger charge is 1.97. The van der Waals surface area contributed by atoms with Crippen molar-refractivity contribution in [3.8, 4) is 0 Å². The summed E-state index contributed by atoms with van der Waals surface area (Å²) in [6, 6.07) is 0. The molecule has 5 heteroatoms. The number of nitrogens with zero attached hydrogens (tertiary/aromatic N) is 3. The van der Waals surface area contributed by atoms with Crippen molar-refractivity contribution in [2.45, 2.75) is 0 Å². The van der Waals surface area contributed by atoms with E-state index in [1.807, 2.05) is 0 Å². The number of nitrogen functional groups attached to an aromatic ring is 1. The van der Waals surface area contributed by atoms with Crippen LogP contribution in [0.15, 0.2) is 17.5 Å². The van der Waals surface area contributed by atoms with Gasteiger partial charge in [0.05, 0.1) is 6.20 Å². The first-order chi connectivity index (χ1) is 4.75. The molecule has 10 heavy (non-hydrogen) atoms. The highest BCUT2D eigenvalue weighted by atomic mass is 15.2. The molecule has 0 bridgehead atoms. The van der Waals surface area contributed by atoms with Crippen LogP contribution in [0.1, 0.15) is 0 Å². The van der Waals surface area contributed by atoms with Gasteiger partial charge in [-0.3, -0.25) is 9.56 Å². The zero-order valence-corrected chi connectivity index (χ0v) is 5.65. The van der Waals surface area contributed by atoms with Gasteiger partial charge in [-0.2, -0.15) is 0 Å². The van der Waals surface area contributed by atoms with Crippen LogP contribution in [0.2, 0.25) is 0 Å². The number of hydrogen-bond donors (Lipinski definition) is 2. The molecule has 1 aromatic heterocycles. The van der Waals surface area contributed by atoms with E-state index in [-0.39, 0.29) is 0 Å². The molecule has 1 heterocycles. The van der Waals surface area contributed by atoms with E-state index in [0.717, 1.165) is 0 Å². The summed E-state index contributed by atoms with van der Waals surface area (Å²) in [7, 11) is 1.59. The van der Waals surface area contributed by atoms with Gasteiger partial charge in [0, 0.05) is 7.05 Å². The zero-order chi connectivity index (χ0) is 7.56. The van der Waals surface area contributed by atoms with Crippen molar-refractivity contribution in [3.05, 3.63) is 12.5 Å². The Kier molecular flexibility index (Phi) is 1.57. The van der Waals surface area contributed by atoms with Gasteiger partial charge in [-0.15, -0.1) is 0 Å². The van der Waals surface area contributed by atoms with Crippen molar-refractivity contribution in [2.24, 2.45) is 10.7 Å². The number of imidazole rings is 1. The maximum absolute atomic E-state index is 5.46. The van der Waals surface area contributed by atoms with Crippen molar-refractivity contribution >= 4 is 11.8 Å². The molecule has 0 radical (unpaired) electrons. The largest absolute Gasteiger partial charge is 0.383 e. The molecule has 0 saturated heterocycles. The van der Waals surface area contributed by atoms with E-state index in [4.69, 9.17) is 11.5 Å². The number of aliphatic imine (C=N–C) groups is 1. The van der Waals surface area contributed by atoms with Gasteiger partial charge in [0.15, 0.2) is 0 Å². The molecule has 4 N–H and O–H groups in total. The Hall–Kier alpha value is -1.52. The molecule has 0 fully saturated rings. The molecule has 0 aliphatic heterocycles. The maximum Gasteiger partial charge on any atom is 0.202 e. The topological polar surface area (TPSA) is 82.2 Å². The summed E-state index contributed by atoms with van der Waals surface area (Å²) in [5, 5.41) is 0. The Morgan fingerprint density at radius 1 is 1.80 bits per heavy atom. The number of rotatable bonds is 0. The second-order valence-corrected chi connectivity index (χ2v) is 1.77. The lowest BCUT2D eigenvalue weighted by molar-refractivity contribution is 1.10. The summed E-state index contributed by atoms with van der Waals surface area (Å²) in [6.07, 6.45) is 3.02. The highest BCUT2D eigenvalue weighted by Crippen LogP contribution is 1.96. The molecule has 0 aliphatic rings. The Morgan fingerprint density at radius 2 is 2.50 bits per heavy atom. The van der Waals surface area contributed by atoms with Crippen LogP contribution >= 0.6 is 0 Å². The van der Waals surface area contributed by atoms with Crippen LogP contribution < -0.4 is 11.5 Å². The van der Waals surface area contributed by atoms with Crippen LogP contribution in [0.5, 0.6) is 0 Å². The van der Waals surface area contributed by atoms with Gasteiger partial charge in [0.1, 0.15) is 12.1 Å². The fourth-order valence-electron chi connectivity index (χ4n) is 0.604. The first-order valence-corrected chi connectivity index (χ1v) is 2.76. The van der Waals surface area contributed by atoms with Crippen LogP contribution in [0, 0.1) is 0 Å². The van der Waals surface area contributed by atoms with E-state index in [1.165, 1.54) is 17.1 Å². The number of anilines is 1. The van der Waals surface area contributed by atoms with Gasteiger partial charge < -0.3 is 11.5 Å². The number of aromatic nitrogens is 2. The van der Waals surface area contributed by atoms with E-state index < -0.39 is 0 Å². The van der Waals surface area contributed by atoms with Crippen molar-refractivity contribution in [2.75, 3.05) is 12.8 Å². The summed E-state index contributed by atoms with van der Waals surface area (Å²) in [5.74, 6) is 0.832. The van der Waals surface area contributed by atoms with Gasteiger partial charge in [-0.25, -0.2) is 4.98 Å². The van der Waals surface area contributed by atoms with E-state index in [1.54, 1.807) is 7.05 Å². The molecule has 0 aliphatic carbocycles. The fraction of sp³-hybridized carbons (Fsp3) is 0.200. The zero-order valence-electron chi connectivity index (χ0n) is 5.65. The molecule has 1 aromatic rings. The summed E-state index contributed by atoms with van der Waals surface area (Å²) in [4.78, 5) is 7.50. The summed E-state index contributed by atoms with van der Waals surface area (Å²) in [5.41, 5.74) is 10.9. The molecule has 5 nitrogen and oxygen atoms in total. The summed E-state index contributed by atoms with van der Waals surface area (Å²) in [6.45, 7) is 0. The maximum atomic E-state index is 5.46. The molecule has 0 amide bonds. The Labute approximate surface area is 58.4 Å². The smallest absolute Gasteiger partial charge is 0.202 e. The quantitative estimate of drug-likeness (QED) is 0.367. The SMILES string of the molecule is CN=C(N)n1cncc1N. The van der Waals surface area contributed by atoms with Crippen LogP contribution in [-0.4, -0.2) is 22.6 Å². The van der Waals surface area contributed by atoms with Gasteiger partial charge in [-0.1, -0.05) is 0 Å². The molecular formula is C5H9N5. The summed E-state index contributed by atoms with van der Waals surface area (Å²) < 4.78 is 1.50. The second kappa shape index (κ2) is 2.38. The number of hydrogen-bond acceptors (Lipinski definition) is 3. The average molecular weight is 139 g/mol. The third kappa shape index (κ3) is 0.928. The van der Waals surface area contributed by atoms with Crippen LogP contribution in [0.25, 0.3) is 0 Å². The molecule has 0 saturated carbocycles. The standard InChI is InChI=1S/C5H9N5/c1-8-5(7)10-3-9-2-4(10)6/h2-3H,6H2,1H3,(H2,7,8). The van der Waals surface area contributed by atoms with Gasteiger partial charge in [-0.05, 0) is 0 Å². The first-order valence-electron chi connectivity index (χ1n) is 2.76. The predicted molar refractivity (Wildman–Crippen MR) is 39.6 cm³/mol. The van der Waals surface area contributed by atoms with Crippen molar-refractivity contribution in [3.63, 3.8) is 0 Å². The second-order valence-electron chi connectivity index (χ2n) is 1.77. The average Bonchev–Trinajstić information content (AvgIpc) is 2.34. The third-order valence-corrected chi connectivity index (χ3v) is 1.14. The minimum atomic E-state index is 0.343. The van der Waals surface area contributed by atoms with Gasteiger partial charge in [0.25, 0.3) is 0 Å². The van der Waals surface area contributed by atoms with E-state index >= 15 is 0 Å².